The number of nitrogens with one attached hydrogen (secondary N) is 1. The van der Waals surface area contributed by atoms with Crippen LogP contribution in [0, 0.1) is 0 Å². The average Bonchev–Trinajstić information content (AvgIpc) is 2.36. The van der Waals surface area contributed by atoms with E-state index in [4.69, 9.17) is 4.74 Å². The molecule has 18 heavy (non-hydrogen) atoms. The van der Waals surface area contributed by atoms with Crippen LogP contribution >= 0.6 is 0 Å². The predicted octanol–water partition coefficient (Wildman–Crippen LogP) is 0.440. The topological polar surface area (TPSA) is 71.5 Å². The molecule has 1 heterocycles. The van der Waals surface area contributed by atoms with Crippen LogP contribution in [0.3, 0.4) is 0 Å². The molecular weight excluding hydrogens is 234 g/mol. The number of amides is 1. The van der Waals surface area contributed by atoms with Crippen molar-refractivity contribution in [2.24, 2.45) is 0 Å². The summed E-state index contributed by atoms with van der Waals surface area (Å²) in [5.41, 5.74) is 0.456. The zero-order valence-corrected chi connectivity index (χ0v) is 10.8. The molecule has 0 saturated carbocycles. The van der Waals surface area contributed by atoms with Crippen molar-refractivity contribution in [2.75, 3.05) is 32.1 Å². The van der Waals surface area contributed by atoms with Crippen LogP contribution in [0.25, 0.3) is 0 Å². The maximum absolute atomic E-state index is 11.8. The highest BCUT2D eigenvalue weighted by atomic mass is 16.5. The van der Waals surface area contributed by atoms with Crippen LogP contribution in [0.5, 0.6) is 0 Å². The number of carbonyl (C=O) groups excluding carboxylic acids is 2. The van der Waals surface area contributed by atoms with Crippen LogP contribution in [0.1, 0.15) is 17.3 Å². The van der Waals surface area contributed by atoms with Gasteiger partial charge in [-0.3, -0.25) is 9.59 Å². The molecule has 0 atom stereocenters. The number of aromatic nitrogens is 1. The molecule has 0 saturated heterocycles. The fourth-order valence-electron chi connectivity index (χ4n) is 1.27. The quantitative estimate of drug-likeness (QED) is 0.769. The second-order valence-corrected chi connectivity index (χ2v) is 3.78. The first-order valence-corrected chi connectivity index (χ1v) is 5.61. The summed E-state index contributed by atoms with van der Waals surface area (Å²) in [6.07, 6.45) is 1.55. The number of carbonyl (C=O) groups is 2. The van der Waals surface area contributed by atoms with Crippen molar-refractivity contribution in [2.45, 2.75) is 6.92 Å². The summed E-state index contributed by atoms with van der Waals surface area (Å²) in [5.74, 6) is -0.0972. The second kappa shape index (κ2) is 6.58. The number of anilines is 1. The number of pyridine rings is 1. The van der Waals surface area contributed by atoms with Gasteiger partial charge < -0.3 is 15.0 Å². The SMILES string of the molecule is CCOC(=O)CNC(=O)c1ccnc(N(C)C)c1. The smallest absolute Gasteiger partial charge is 0.325 e. The predicted molar refractivity (Wildman–Crippen MR) is 67.5 cm³/mol. The van der Waals surface area contributed by atoms with Gasteiger partial charge in [-0.05, 0) is 19.1 Å². The molecule has 0 bridgehead atoms. The number of hydrogen-bond donors (Lipinski definition) is 1. The van der Waals surface area contributed by atoms with Crippen molar-refractivity contribution >= 4 is 17.7 Å². The lowest BCUT2D eigenvalue weighted by atomic mass is 10.2. The molecular formula is C12H17N3O3. The lowest BCUT2D eigenvalue weighted by molar-refractivity contribution is -0.141. The van der Waals surface area contributed by atoms with Crippen molar-refractivity contribution in [3.8, 4) is 0 Å². The molecule has 0 aromatic carbocycles. The largest absolute Gasteiger partial charge is 0.465 e. The first-order valence-electron chi connectivity index (χ1n) is 5.61. The fourth-order valence-corrected chi connectivity index (χ4v) is 1.27. The lowest BCUT2D eigenvalue weighted by Crippen LogP contribution is -2.30. The third kappa shape index (κ3) is 4.04. The van der Waals surface area contributed by atoms with E-state index in [2.05, 4.69) is 10.3 Å². The third-order valence-corrected chi connectivity index (χ3v) is 2.16. The number of ether oxygens (including phenoxy) is 1. The molecule has 1 N–H and O–H groups in total. The first kappa shape index (κ1) is 14.0. The standard InChI is InChI=1S/C12H17N3O3/c1-4-18-11(16)8-14-12(17)9-5-6-13-10(7-9)15(2)3/h5-7H,4,8H2,1-3H3,(H,14,17). The summed E-state index contributed by atoms with van der Waals surface area (Å²) in [7, 11) is 3.67. The summed E-state index contributed by atoms with van der Waals surface area (Å²) in [5, 5.41) is 2.49. The monoisotopic (exact) mass is 251 g/mol. The Bertz CT molecular complexity index is 432. The van der Waals surface area contributed by atoms with Crippen molar-refractivity contribution in [1.29, 1.82) is 0 Å². The number of hydrogen-bond acceptors (Lipinski definition) is 5. The molecule has 1 rings (SSSR count). The van der Waals surface area contributed by atoms with E-state index in [0.717, 1.165) is 0 Å². The third-order valence-electron chi connectivity index (χ3n) is 2.16. The van der Waals surface area contributed by atoms with Gasteiger partial charge in [0.25, 0.3) is 5.91 Å². The number of esters is 1. The number of nitrogens with zero attached hydrogens (tertiary/aromatic N) is 2. The molecule has 0 aliphatic carbocycles. The maximum atomic E-state index is 11.8. The van der Waals surface area contributed by atoms with Crippen LogP contribution in [-0.4, -0.2) is 44.1 Å². The molecule has 1 amide bonds. The molecule has 1 aromatic heterocycles. The fraction of sp³-hybridized carbons (Fsp3) is 0.417. The van der Waals surface area contributed by atoms with E-state index < -0.39 is 5.97 Å². The Labute approximate surface area is 106 Å². The molecule has 6 heteroatoms. The van der Waals surface area contributed by atoms with Gasteiger partial charge in [-0.15, -0.1) is 0 Å². The molecule has 1 aromatic rings. The van der Waals surface area contributed by atoms with E-state index in [1.807, 2.05) is 14.1 Å². The van der Waals surface area contributed by atoms with E-state index in [1.54, 1.807) is 30.2 Å². The van der Waals surface area contributed by atoms with Crippen molar-refractivity contribution in [3.05, 3.63) is 23.9 Å². The summed E-state index contributed by atoms with van der Waals surface area (Å²) < 4.78 is 4.72. The van der Waals surface area contributed by atoms with Gasteiger partial charge in [0.1, 0.15) is 12.4 Å². The summed E-state index contributed by atoms with van der Waals surface area (Å²) in [4.78, 5) is 28.8. The Kier molecular flexibility index (Phi) is 5.10. The van der Waals surface area contributed by atoms with Gasteiger partial charge in [0, 0.05) is 25.9 Å². The van der Waals surface area contributed by atoms with Gasteiger partial charge in [-0.1, -0.05) is 0 Å². The van der Waals surface area contributed by atoms with Crippen molar-refractivity contribution in [1.82, 2.24) is 10.3 Å². The number of rotatable bonds is 5. The zero-order valence-electron chi connectivity index (χ0n) is 10.8. The Hall–Kier alpha value is -2.11. The summed E-state index contributed by atoms with van der Waals surface area (Å²) in [6.45, 7) is 1.88. The van der Waals surface area contributed by atoms with Crippen LogP contribution in [0.2, 0.25) is 0 Å². The van der Waals surface area contributed by atoms with Gasteiger partial charge in [-0.25, -0.2) is 4.98 Å². The minimum atomic E-state index is -0.451. The Balaban J connectivity index is 2.61. The summed E-state index contributed by atoms with van der Waals surface area (Å²) in [6, 6.07) is 3.24. The molecule has 6 nitrogen and oxygen atoms in total. The van der Waals surface area contributed by atoms with Crippen LogP contribution in [0.15, 0.2) is 18.3 Å². The van der Waals surface area contributed by atoms with E-state index in [9.17, 15) is 9.59 Å². The van der Waals surface area contributed by atoms with Crippen LogP contribution < -0.4 is 10.2 Å². The van der Waals surface area contributed by atoms with Gasteiger partial charge >= 0.3 is 5.97 Å². The molecule has 0 fully saturated rings. The Morgan fingerprint density at radius 3 is 2.78 bits per heavy atom. The second-order valence-electron chi connectivity index (χ2n) is 3.78. The first-order chi connectivity index (χ1) is 8.54. The molecule has 0 unspecified atom stereocenters. The van der Waals surface area contributed by atoms with E-state index in [0.29, 0.717) is 18.0 Å². The molecule has 0 spiro atoms. The normalized spacial score (nSPS) is 9.72. The molecule has 0 aliphatic heterocycles. The highest BCUT2D eigenvalue weighted by Crippen LogP contribution is 2.09. The average molecular weight is 251 g/mol. The minimum Gasteiger partial charge on any atom is -0.465 e. The van der Waals surface area contributed by atoms with E-state index in [-0.39, 0.29) is 12.5 Å². The van der Waals surface area contributed by atoms with E-state index in [1.165, 1.54) is 0 Å². The highest BCUT2D eigenvalue weighted by molar-refractivity contribution is 5.96. The van der Waals surface area contributed by atoms with Crippen LogP contribution in [-0.2, 0) is 9.53 Å². The van der Waals surface area contributed by atoms with Gasteiger partial charge in [0.15, 0.2) is 0 Å². The van der Waals surface area contributed by atoms with Crippen LogP contribution in [0.4, 0.5) is 5.82 Å². The lowest BCUT2D eigenvalue weighted by Gasteiger charge is -2.12. The van der Waals surface area contributed by atoms with E-state index >= 15 is 0 Å². The highest BCUT2D eigenvalue weighted by Gasteiger charge is 2.09. The maximum Gasteiger partial charge on any atom is 0.325 e. The van der Waals surface area contributed by atoms with Gasteiger partial charge in [0.2, 0.25) is 0 Å². The van der Waals surface area contributed by atoms with Crippen molar-refractivity contribution < 1.29 is 14.3 Å². The van der Waals surface area contributed by atoms with Gasteiger partial charge in [0.05, 0.1) is 6.61 Å². The minimum absolute atomic E-state index is 0.133. The van der Waals surface area contributed by atoms with Gasteiger partial charge in [-0.2, -0.15) is 0 Å². The summed E-state index contributed by atoms with van der Waals surface area (Å²) >= 11 is 0. The Morgan fingerprint density at radius 1 is 1.44 bits per heavy atom. The molecule has 0 radical (unpaired) electrons. The van der Waals surface area contributed by atoms with Crippen molar-refractivity contribution in [3.63, 3.8) is 0 Å². The molecule has 0 aliphatic rings. The Morgan fingerprint density at radius 2 is 2.17 bits per heavy atom. The molecule has 98 valence electrons. The zero-order chi connectivity index (χ0) is 13.5.